The molecule has 2 rings (SSSR count). The van der Waals surface area contributed by atoms with Crippen molar-refractivity contribution in [1.29, 1.82) is 0 Å². The van der Waals surface area contributed by atoms with Gasteiger partial charge in [0.2, 0.25) is 0 Å². The second kappa shape index (κ2) is 5.68. The van der Waals surface area contributed by atoms with Crippen LogP contribution in [0.1, 0.15) is 52.4 Å². The van der Waals surface area contributed by atoms with Crippen molar-refractivity contribution in [2.45, 2.75) is 76.3 Å². The zero-order valence-corrected chi connectivity index (χ0v) is 11.5. The van der Waals surface area contributed by atoms with Crippen molar-refractivity contribution in [3.8, 4) is 0 Å². The fourth-order valence-electron chi connectivity index (χ4n) is 3.14. The van der Waals surface area contributed by atoms with Crippen molar-refractivity contribution in [2.75, 3.05) is 13.6 Å². The van der Waals surface area contributed by atoms with Crippen LogP contribution in [0.25, 0.3) is 0 Å². The summed E-state index contributed by atoms with van der Waals surface area (Å²) in [6.45, 7) is 5.38. The molecule has 1 N–H and O–H groups in total. The molecule has 1 aliphatic heterocycles. The molecule has 0 radical (unpaired) electrons. The highest BCUT2D eigenvalue weighted by atomic mass is 16.5. The minimum atomic E-state index is 0.185. The Balaban J connectivity index is 1.85. The van der Waals surface area contributed by atoms with Gasteiger partial charge in [-0.15, -0.1) is 0 Å². The van der Waals surface area contributed by atoms with Gasteiger partial charge in [0, 0.05) is 0 Å². The molecule has 1 aliphatic carbocycles. The molecule has 0 aromatic rings. The first-order chi connectivity index (χ1) is 8.13. The SMILES string of the molecule is CNCCC1(OC2CC(C)OC(C)C2)CCC1. The van der Waals surface area contributed by atoms with E-state index in [0.717, 1.165) is 25.8 Å². The van der Waals surface area contributed by atoms with Crippen molar-refractivity contribution >= 4 is 0 Å². The summed E-state index contributed by atoms with van der Waals surface area (Å²) in [5.41, 5.74) is 0.185. The topological polar surface area (TPSA) is 30.5 Å². The van der Waals surface area contributed by atoms with Crippen LogP contribution in [-0.2, 0) is 9.47 Å². The van der Waals surface area contributed by atoms with Gasteiger partial charge in [-0.2, -0.15) is 0 Å². The fourth-order valence-corrected chi connectivity index (χ4v) is 3.14. The molecule has 0 spiro atoms. The van der Waals surface area contributed by atoms with E-state index in [0.29, 0.717) is 18.3 Å². The molecule has 17 heavy (non-hydrogen) atoms. The molecule has 0 aromatic carbocycles. The summed E-state index contributed by atoms with van der Waals surface area (Å²) in [6.07, 6.45) is 8.21. The summed E-state index contributed by atoms with van der Waals surface area (Å²) < 4.78 is 12.2. The Labute approximate surface area is 105 Å². The Kier molecular flexibility index (Phi) is 4.45. The molecule has 0 amide bonds. The smallest absolute Gasteiger partial charge is 0.0698 e. The van der Waals surface area contributed by atoms with E-state index < -0.39 is 0 Å². The van der Waals surface area contributed by atoms with E-state index in [9.17, 15) is 0 Å². The van der Waals surface area contributed by atoms with Crippen LogP contribution in [0.3, 0.4) is 0 Å². The molecule has 2 atom stereocenters. The maximum absolute atomic E-state index is 6.44. The largest absolute Gasteiger partial charge is 0.375 e. The third-order valence-electron chi connectivity index (χ3n) is 4.17. The fraction of sp³-hybridized carbons (Fsp3) is 1.00. The quantitative estimate of drug-likeness (QED) is 0.802. The van der Waals surface area contributed by atoms with Crippen molar-refractivity contribution in [3.63, 3.8) is 0 Å². The first-order valence-corrected chi connectivity index (χ1v) is 7.11. The summed E-state index contributed by atoms with van der Waals surface area (Å²) >= 11 is 0. The van der Waals surface area contributed by atoms with E-state index >= 15 is 0 Å². The van der Waals surface area contributed by atoms with E-state index in [4.69, 9.17) is 9.47 Å². The summed E-state index contributed by atoms with van der Waals surface area (Å²) in [5, 5.41) is 3.24. The van der Waals surface area contributed by atoms with Crippen LogP contribution in [0.4, 0.5) is 0 Å². The highest BCUT2D eigenvalue weighted by molar-refractivity contribution is 4.92. The van der Waals surface area contributed by atoms with Crippen LogP contribution in [0.15, 0.2) is 0 Å². The molecule has 0 aromatic heterocycles. The Morgan fingerprint density at radius 1 is 1.24 bits per heavy atom. The normalized spacial score (nSPS) is 36.5. The average molecular weight is 241 g/mol. The Bertz CT molecular complexity index is 230. The van der Waals surface area contributed by atoms with Crippen LogP contribution < -0.4 is 5.32 Å². The van der Waals surface area contributed by atoms with Gasteiger partial charge in [-0.1, -0.05) is 0 Å². The van der Waals surface area contributed by atoms with Gasteiger partial charge in [0.25, 0.3) is 0 Å². The van der Waals surface area contributed by atoms with E-state index in [2.05, 4.69) is 19.2 Å². The van der Waals surface area contributed by atoms with Gasteiger partial charge in [0.15, 0.2) is 0 Å². The summed E-state index contributed by atoms with van der Waals surface area (Å²) in [4.78, 5) is 0. The molecule has 2 unspecified atom stereocenters. The second-order valence-corrected chi connectivity index (χ2v) is 5.86. The lowest BCUT2D eigenvalue weighted by Crippen LogP contribution is -2.47. The van der Waals surface area contributed by atoms with Crippen LogP contribution in [0, 0.1) is 0 Å². The van der Waals surface area contributed by atoms with Crippen LogP contribution in [-0.4, -0.2) is 37.5 Å². The van der Waals surface area contributed by atoms with Crippen LogP contribution in [0.2, 0.25) is 0 Å². The first kappa shape index (κ1) is 13.3. The summed E-state index contributed by atoms with van der Waals surface area (Å²) in [6, 6.07) is 0. The van der Waals surface area contributed by atoms with Gasteiger partial charge in [-0.3, -0.25) is 0 Å². The lowest BCUT2D eigenvalue weighted by molar-refractivity contribution is -0.185. The lowest BCUT2D eigenvalue weighted by Gasteiger charge is -2.46. The molecule has 2 aliphatic rings. The number of ether oxygens (including phenoxy) is 2. The third-order valence-corrected chi connectivity index (χ3v) is 4.17. The molecule has 1 heterocycles. The average Bonchev–Trinajstić information content (AvgIpc) is 2.20. The van der Waals surface area contributed by atoms with Crippen molar-refractivity contribution in [1.82, 2.24) is 5.32 Å². The van der Waals surface area contributed by atoms with Gasteiger partial charge in [0.1, 0.15) is 0 Å². The van der Waals surface area contributed by atoms with Crippen LogP contribution in [0.5, 0.6) is 0 Å². The summed E-state index contributed by atoms with van der Waals surface area (Å²) in [5.74, 6) is 0. The van der Waals surface area contributed by atoms with Gasteiger partial charge >= 0.3 is 0 Å². The van der Waals surface area contributed by atoms with Crippen molar-refractivity contribution < 1.29 is 9.47 Å². The monoisotopic (exact) mass is 241 g/mol. The maximum Gasteiger partial charge on any atom is 0.0698 e. The number of hydrogen-bond acceptors (Lipinski definition) is 3. The molecule has 100 valence electrons. The molecule has 2 fully saturated rings. The van der Waals surface area contributed by atoms with E-state index in [1.807, 2.05) is 7.05 Å². The van der Waals surface area contributed by atoms with Crippen molar-refractivity contribution in [2.24, 2.45) is 0 Å². The predicted octanol–water partition coefficient (Wildman–Crippen LogP) is 2.49. The van der Waals surface area contributed by atoms with Gasteiger partial charge in [-0.25, -0.2) is 0 Å². The molecule has 3 nitrogen and oxygen atoms in total. The van der Waals surface area contributed by atoms with E-state index in [1.54, 1.807) is 0 Å². The zero-order chi connectivity index (χ0) is 12.3. The Morgan fingerprint density at radius 2 is 1.88 bits per heavy atom. The molecule has 0 bridgehead atoms. The first-order valence-electron chi connectivity index (χ1n) is 7.11. The molecule has 1 saturated carbocycles. The number of hydrogen-bond donors (Lipinski definition) is 1. The van der Waals surface area contributed by atoms with E-state index in [1.165, 1.54) is 19.3 Å². The number of nitrogens with one attached hydrogen (secondary N) is 1. The van der Waals surface area contributed by atoms with Gasteiger partial charge in [-0.05, 0) is 66.0 Å². The zero-order valence-electron chi connectivity index (χ0n) is 11.5. The third kappa shape index (κ3) is 3.43. The van der Waals surface area contributed by atoms with Gasteiger partial charge < -0.3 is 14.8 Å². The highest BCUT2D eigenvalue weighted by Crippen LogP contribution is 2.41. The molecule has 3 heteroatoms. The lowest BCUT2D eigenvalue weighted by atomic mass is 9.77. The number of rotatable bonds is 5. The molecular weight excluding hydrogens is 214 g/mol. The standard InChI is InChI=1S/C14H27NO2/c1-11-9-13(10-12(2)16-11)17-14(5-4-6-14)7-8-15-3/h11-13,15H,4-10H2,1-3H3. The predicted molar refractivity (Wildman–Crippen MR) is 69.2 cm³/mol. The van der Waals surface area contributed by atoms with Gasteiger partial charge in [0.05, 0.1) is 23.9 Å². The minimum Gasteiger partial charge on any atom is -0.375 e. The molecular formula is C14H27NO2. The maximum atomic E-state index is 6.44. The van der Waals surface area contributed by atoms with Crippen LogP contribution >= 0.6 is 0 Å². The van der Waals surface area contributed by atoms with Crippen molar-refractivity contribution in [3.05, 3.63) is 0 Å². The highest BCUT2D eigenvalue weighted by Gasteiger charge is 2.40. The minimum absolute atomic E-state index is 0.185. The molecule has 1 saturated heterocycles. The van der Waals surface area contributed by atoms with E-state index in [-0.39, 0.29) is 5.60 Å². The second-order valence-electron chi connectivity index (χ2n) is 5.86. The Hall–Kier alpha value is -0.120. The summed E-state index contributed by atoms with van der Waals surface area (Å²) in [7, 11) is 2.02. The Morgan fingerprint density at radius 3 is 2.35 bits per heavy atom.